The van der Waals surface area contributed by atoms with Crippen LogP contribution in [0.15, 0.2) is 224 Å². The van der Waals surface area contributed by atoms with Crippen LogP contribution in [0.3, 0.4) is 0 Å². The first-order chi connectivity index (χ1) is 41.9. The molecule has 3 aromatic heterocycles. The number of benzene rings is 11. The monoisotopic (exact) mass is 1150 g/mol. The standard InChI is InChI=1S/C71H37F10N5/c72-59-57(60(73)64(77)67(80)63(59)76)48-37-47(82-70(83-48)58-61(74)65(78)68(81)66(79)62(58)75)38-35-55(84-49-29-13-7-23-41(49)42-24-8-14-30-50(42)84)69(56(36-38)85-51-31-15-9-25-43(51)44-26-10-16-32-52(44)85)86-53-33-17-11-27-45(53)71(39-19-3-1-4-20-39,40-21-5-2-6-22-40)46-28-12-18-34-54(46)86/h1-37H. The molecule has 0 saturated heterocycles. The molecule has 14 aromatic rings. The zero-order valence-corrected chi connectivity index (χ0v) is 44.4. The van der Waals surface area contributed by atoms with E-state index in [2.05, 4.69) is 51.3 Å². The SMILES string of the molecule is Fc1c(F)c(F)c(-c2cc(-c3cc(-n4c5ccccc5c5ccccc54)c(N4c5ccccc5C(c5ccccc5)(c5ccccc5)c5ccccc54)c(-n4c5ccccc5c5ccccc54)c3)nc(-c3c(F)c(F)c(F)c(F)c3F)n2)c(F)c1F. The first-order valence-corrected chi connectivity index (χ1v) is 27.1. The predicted molar refractivity (Wildman–Crippen MR) is 313 cm³/mol. The number of aromatic nitrogens is 4. The van der Waals surface area contributed by atoms with Crippen molar-refractivity contribution >= 4 is 60.7 Å². The lowest BCUT2D eigenvalue weighted by atomic mass is 9.62. The third-order valence-electron chi connectivity index (χ3n) is 16.4. The second-order valence-corrected chi connectivity index (χ2v) is 20.8. The van der Waals surface area contributed by atoms with Crippen LogP contribution in [0.25, 0.3) is 88.9 Å². The van der Waals surface area contributed by atoms with Gasteiger partial charge in [0, 0.05) is 27.1 Å². The van der Waals surface area contributed by atoms with Crippen LogP contribution in [0.5, 0.6) is 0 Å². The van der Waals surface area contributed by atoms with E-state index >= 15 is 35.1 Å². The first kappa shape index (κ1) is 52.0. The van der Waals surface area contributed by atoms with Gasteiger partial charge in [0.25, 0.3) is 0 Å². The van der Waals surface area contributed by atoms with Gasteiger partial charge in [0.2, 0.25) is 11.6 Å². The molecule has 0 radical (unpaired) electrons. The fourth-order valence-electron chi connectivity index (χ4n) is 12.8. The molecule has 5 nitrogen and oxygen atoms in total. The molecule has 4 heterocycles. The first-order valence-electron chi connectivity index (χ1n) is 27.1. The third-order valence-corrected chi connectivity index (χ3v) is 16.4. The lowest BCUT2D eigenvalue weighted by Gasteiger charge is -2.47. The van der Waals surface area contributed by atoms with Crippen molar-refractivity contribution in [1.29, 1.82) is 0 Å². The Morgan fingerprint density at radius 3 is 1.02 bits per heavy atom. The molecule has 86 heavy (non-hydrogen) atoms. The van der Waals surface area contributed by atoms with Crippen molar-refractivity contribution in [3.05, 3.63) is 305 Å². The molecule has 0 amide bonds. The van der Waals surface area contributed by atoms with Gasteiger partial charge in [-0.3, -0.25) is 0 Å². The molecule has 0 atom stereocenters. The van der Waals surface area contributed by atoms with E-state index in [1.807, 2.05) is 179 Å². The highest BCUT2D eigenvalue weighted by atomic mass is 19.2. The molecule has 0 saturated carbocycles. The Balaban J connectivity index is 1.16. The highest BCUT2D eigenvalue weighted by Crippen LogP contribution is 2.60. The number of para-hydroxylation sites is 6. The largest absolute Gasteiger partial charge is 0.307 e. The van der Waals surface area contributed by atoms with Gasteiger partial charge in [0.05, 0.1) is 78.4 Å². The number of halogens is 10. The molecule has 1 aliphatic heterocycles. The summed E-state index contributed by atoms with van der Waals surface area (Å²) in [5.74, 6) is -25.7. The Kier molecular flexibility index (Phi) is 11.9. The van der Waals surface area contributed by atoms with Crippen LogP contribution in [-0.4, -0.2) is 19.1 Å². The van der Waals surface area contributed by atoms with Crippen LogP contribution >= 0.6 is 0 Å². The highest BCUT2D eigenvalue weighted by Gasteiger charge is 2.47. The number of anilines is 3. The molecule has 0 N–H and O–H groups in total. The smallest absolute Gasteiger partial charge is 0.200 e. The quantitative estimate of drug-likeness (QED) is 0.0865. The molecule has 0 spiro atoms. The van der Waals surface area contributed by atoms with E-state index in [1.165, 1.54) is 0 Å². The molecule has 15 rings (SSSR count). The number of hydrogen-bond donors (Lipinski definition) is 0. The van der Waals surface area contributed by atoms with Crippen molar-refractivity contribution in [3.63, 3.8) is 0 Å². The number of nitrogens with zero attached hydrogens (tertiary/aromatic N) is 5. The van der Waals surface area contributed by atoms with E-state index < -0.39 is 91.9 Å². The average Bonchev–Trinajstić information content (AvgIpc) is 0.912. The molecule has 1 aliphatic rings. The molecular weight excluding hydrogens is 1110 g/mol. The summed E-state index contributed by atoms with van der Waals surface area (Å²) in [6.45, 7) is 0. The van der Waals surface area contributed by atoms with E-state index in [9.17, 15) is 8.78 Å². The van der Waals surface area contributed by atoms with Gasteiger partial charge in [-0.15, -0.1) is 0 Å². The van der Waals surface area contributed by atoms with E-state index in [1.54, 1.807) is 12.1 Å². The van der Waals surface area contributed by atoms with Crippen molar-refractivity contribution in [2.75, 3.05) is 4.90 Å². The Morgan fingerprint density at radius 2 is 0.616 bits per heavy atom. The Bertz CT molecular complexity index is 4680. The zero-order valence-electron chi connectivity index (χ0n) is 44.4. The van der Waals surface area contributed by atoms with Crippen LogP contribution in [0.4, 0.5) is 61.0 Å². The highest BCUT2D eigenvalue weighted by molar-refractivity contribution is 6.13. The predicted octanol–water partition coefficient (Wildman–Crippen LogP) is 19.2. The molecule has 0 unspecified atom stereocenters. The fourth-order valence-corrected chi connectivity index (χ4v) is 12.8. The minimum atomic E-state index is -2.53. The minimum Gasteiger partial charge on any atom is -0.307 e. The van der Waals surface area contributed by atoms with Gasteiger partial charge >= 0.3 is 0 Å². The number of rotatable bonds is 8. The van der Waals surface area contributed by atoms with Crippen molar-refractivity contribution in [2.45, 2.75) is 5.41 Å². The van der Waals surface area contributed by atoms with Crippen LogP contribution < -0.4 is 4.90 Å². The normalized spacial score (nSPS) is 12.8. The summed E-state index contributed by atoms with van der Waals surface area (Å²) in [5.41, 5.74) is 3.01. The van der Waals surface area contributed by atoms with E-state index in [4.69, 9.17) is 0 Å². The maximum atomic E-state index is 16.3. The van der Waals surface area contributed by atoms with E-state index in [0.717, 1.165) is 61.2 Å². The Hall–Kier alpha value is -10.8. The number of hydrogen-bond acceptors (Lipinski definition) is 3. The van der Waals surface area contributed by atoms with Crippen LogP contribution in [0.2, 0.25) is 0 Å². The minimum absolute atomic E-state index is 0.0402. The molecule has 0 aliphatic carbocycles. The van der Waals surface area contributed by atoms with Gasteiger partial charge in [-0.05, 0) is 76.9 Å². The van der Waals surface area contributed by atoms with Gasteiger partial charge < -0.3 is 14.0 Å². The Morgan fingerprint density at radius 1 is 0.291 bits per heavy atom. The molecule has 0 bridgehead atoms. The average molecular weight is 1150 g/mol. The summed E-state index contributed by atoms with van der Waals surface area (Å²) in [6.07, 6.45) is 0. The van der Waals surface area contributed by atoms with Gasteiger partial charge in [-0.1, -0.05) is 170 Å². The lowest BCUT2D eigenvalue weighted by Crippen LogP contribution is -2.38. The molecular formula is C71H37F10N5. The maximum Gasteiger partial charge on any atom is 0.200 e. The van der Waals surface area contributed by atoms with E-state index in [-0.39, 0.29) is 5.56 Å². The zero-order chi connectivity index (χ0) is 58.9. The van der Waals surface area contributed by atoms with Gasteiger partial charge in [0.1, 0.15) is 0 Å². The topological polar surface area (TPSA) is 38.9 Å². The van der Waals surface area contributed by atoms with Crippen molar-refractivity contribution in [3.8, 4) is 45.3 Å². The maximum absolute atomic E-state index is 16.3. The molecule has 0 fully saturated rings. The van der Waals surface area contributed by atoms with Crippen molar-refractivity contribution in [2.24, 2.45) is 0 Å². The third kappa shape index (κ3) is 7.39. The summed E-state index contributed by atoms with van der Waals surface area (Å²) >= 11 is 0. The lowest BCUT2D eigenvalue weighted by molar-refractivity contribution is 0.380. The van der Waals surface area contributed by atoms with Crippen LogP contribution in [-0.2, 0) is 5.41 Å². The molecule has 416 valence electrons. The fraction of sp³-hybridized carbons (Fsp3) is 0.0141. The second kappa shape index (κ2) is 19.7. The second-order valence-electron chi connectivity index (χ2n) is 20.8. The summed E-state index contributed by atoms with van der Waals surface area (Å²) < 4.78 is 160. The summed E-state index contributed by atoms with van der Waals surface area (Å²) in [5, 5.41) is 3.25. The number of fused-ring (bicyclic) bond motifs is 8. The van der Waals surface area contributed by atoms with E-state index in [0.29, 0.717) is 39.1 Å². The summed E-state index contributed by atoms with van der Waals surface area (Å²) in [4.78, 5) is 10.5. The van der Waals surface area contributed by atoms with Gasteiger partial charge in [0.15, 0.2) is 52.4 Å². The summed E-state index contributed by atoms with van der Waals surface area (Å²) in [7, 11) is 0. The molecule has 15 heteroatoms. The van der Waals surface area contributed by atoms with Crippen LogP contribution in [0, 0.1) is 58.2 Å². The summed E-state index contributed by atoms with van der Waals surface area (Å²) in [6, 6.07) is 71.1. The molecule has 11 aromatic carbocycles. The van der Waals surface area contributed by atoms with Gasteiger partial charge in [-0.2, -0.15) is 0 Å². The van der Waals surface area contributed by atoms with Crippen molar-refractivity contribution < 1.29 is 43.9 Å². The van der Waals surface area contributed by atoms with Gasteiger partial charge in [-0.25, -0.2) is 53.9 Å². The Labute approximate surface area is 482 Å². The van der Waals surface area contributed by atoms with Crippen molar-refractivity contribution in [1.82, 2.24) is 19.1 Å². The van der Waals surface area contributed by atoms with Crippen LogP contribution in [0.1, 0.15) is 22.3 Å².